The molecule has 1 saturated carbocycles. The fourth-order valence-corrected chi connectivity index (χ4v) is 4.10. The number of ether oxygens (including phenoxy) is 2. The third-order valence-electron chi connectivity index (χ3n) is 5.73. The van der Waals surface area contributed by atoms with E-state index in [4.69, 9.17) is 9.47 Å². The molecule has 7 nitrogen and oxygen atoms in total. The summed E-state index contributed by atoms with van der Waals surface area (Å²) in [6, 6.07) is 13.2. The van der Waals surface area contributed by atoms with Crippen molar-refractivity contribution in [3.05, 3.63) is 53.6 Å². The quantitative estimate of drug-likeness (QED) is 0.649. The van der Waals surface area contributed by atoms with E-state index in [-0.39, 0.29) is 18.2 Å². The van der Waals surface area contributed by atoms with Gasteiger partial charge >= 0.3 is 6.03 Å². The molecular formula is C23H27N3O4. The highest BCUT2D eigenvalue weighted by Gasteiger charge is 2.30. The van der Waals surface area contributed by atoms with Gasteiger partial charge in [0.05, 0.1) is 19.3 Å². The van der Waals surface area contributed by atoms with Gasteiger partial charge in [-0.1, -0.05) is 18.2 Å². The molecule has 1 heterocycles. The van der Waals surface area contributed by atoms with Crippen LogP contribution in [0.3, 0.4) is 0 Å². The summed E-state index contributed by atoms with van der Waals surface area (Å²) in [5, 5.41) is 5.67. The number of anilines is 1. The van der Waals surface area contributed by atoms with E-state index >= 15 is 0 Å². The third kappa shape index (κ3) is 4.50. The maximum absolute atomic E-state index is 12.5. The molecule has 1 saturated heterocycles. The summed E-state index contributed by atoms with van der Waals surface area (Å²) < 4.78 is 11.7. The minimum atomic E-state index is -0.106. The Hall–Kier alpha value is -3.22. The predicted octanol–water partition coefficient (Wildman–Crippen LogP) is 3.85. The number of carbonyl (C=O) groups excluding carboxylic acids is 2. The van der Waals surface area contributed by atoms with Gasteiger partial charge in [0.2, 0.25) is 6.41 Å². The Morgan fingerprint density at radius 1 is 1.13 bits per heavy atom. The molecule has 0 aromatic heterocycles. The minimum absolute atomic E-state index is 0.0934. The van der Waals surface area contributed by atoms with Crippen LogP contribution in [0.5, 0.6) is 11.5 Å². The Balaban J connectivity index is 1.44. The molecule has 2 fully saturated rings. The maximum Gasteiger partial charge on any atom is 0.318 e. The van der Waals surface area contributed by atoms with E-state index in [1.807, 2.05) is 42.5 Å². The number of methoxy groups -OCH3 is 1. The number of hydrogen-bond acceptors (Lipinski definition) is 4. The zero-order valence-corrected chi connectivity index (χ0v) is 17.1. The van der Waals surface area contributed by atoms with Gasteiger partial charge in [-0.25, -0.2) is 4.79 Å². The molecule has 0 radical (unpaired) electrons. The molecule has 0 unspecified atom stereocenters. The number of hydrogen-bond donors (Lipinski definition) is 2. The van der Waals surface area contributed by atoms with Gasteiger partial charge in [-0.05, 0) is 61.1 Å². The number of amides is 3. The number of carbonyl (C=O) groups is 2. The van der Waals surface area contributed by atoms with Crippen LogP contribution in [0.25, 0.3) is 0 Å². The second kappa shape index (κ2) is 9.07. The van der Waals surface area contributed by atoms with Crippen molar-refractivity contribution >= 4 is 18.1 Å². The van der Waals surface area contributed by atoms with Crippen LogP contribution >= 0.6 is 0 Å². The molecule has 3 amide bonds. The van der Waals surface area contributed by atoms with E-state index in [2.05, 4.69) is 10.6 Å². The summed E-state index contributed by atoms with van der Waals surface area (Å²) in [4.78, 5) is 24.8. The lowest BCUT2D eigenvalue weighted by atomic mass is 10.1. The standard InChI is InChI=1S/C23H27N3O4/c1-29-21-11-8-17(12-22(21)30-19-4-2-3-5-19)20-14-26(23(28)25-20)13-16-6-9-18(10-7-16)24-15-27/h6-12,15,19-20H,2-5,13-14H2,1H3,(H,24,27)(H,25,28)/t20-/m0/s1. The molecule has 1 aliphatic heterocycles. The van der Waals surface area contributed by atoms with Crippen LogP contribution < -0.4 is 20.1 Å². The number of urea groups is 1. The monoisotopic (exact) mass is 409 g/mol. The summed E-state index contributed by atoms with van der Waals surface area (Å²) in [5.41, 5.74) is 2.73. The molecule has 0 spiro atoms. The summed E-state index contributed by atoms with van der Waals surface area (Å²) >= 11 is 0. The van der Waals surface area contributed by atoms with Crippen LogP contribution in [0, 0.1) is 0 Å². The first kappa shape index (κ1) is 20.1. The molecule has 1 atom stereocenters. The molecular weight excluding hydrogens is 382 g/mol. The first-order valence-electron chi connectivity index (χ1n) is 10.4. The van der Waals surface area contributed by atoms with Gasteiger partial charge in [0.25, 0.3) is 0 Å². The molecule has 158 valence electrons. The molecule has 2 N–H and O–H groups in total. The van der Waals surface area contributed by atoms with Crippen molar-refractivity contribution in [1.29, 1.82) is 0 Å². The van der Waals surface area contributed by atoms with Gasteiger partial charge < -0.3 is 25.0 Å². The van der Waals surface area contributed by atoms with Gasteiger partial charge in [-0.15, -0.1) is 0 Å². The number of benzene rings is 2. The van der Waals surface area contributed by atoms with Crippen LogP contribution in [0.2, 0.25) is 0 Å². The van der Waals surface area contributed by atoms with Gasteiger partial charge in [0.1, 0.15) is 0 Å². The average molecular weight is 409 g/mol. The normalized spacial score (nSPS) is 18.9. The Morgan fingerprint density at radius 2 is 1.90 bits per heavy atom. The summed E-state index contributed by atoms with van der Waals surface area (Å²) in [6.45, 7) is 1.08. The highest BCUT2D eigenvalue weighted by atomic mass is 16.5. The van der Waals surface area contributed by atoms with Crippen molar-refractivity contribution in [1.82, 2.24) is 10.2 Å². The van der Waals surface area contributed by atoms with E-state index in [0.29, 0.717) is 19.5 Å². The molecule has 0 bridgehead atoms. The maximum atomic E-state index is 12.5. The minimum Gasteiger partial charge on any atom is -0.493 e. The van der Waals surface area contributed by atoms with Gasteiger partial charge in [0.15, 0.2) is 11.5 Å². The largest absolute Gasteiger partial charge is 0.493 e. The van der Waals surface area contributed by atoms with Crippen molar-refractivity contribution in [3.8, 4) is 11.5 Å². The van der Waals surface area contributed by atoms with E-state index < -0.39 is 0 Å². The molecule has 2 aromatic carbocycles. The van der Waals surface area contributed by atoms with Crippen LogP contribution in [0.15, 0.2) is 42.5 Å². The van der Waals surface area contributed by atoms with Crippen molar-refractivity contribution in [2.24, 2.45) is 0 Å². The fraction of sp³-hybridized carbons (Fsp3) is 0.391. The van der Waals surface area contributed by atoms with Crippen LogP contribution in [0.4, 0.5) is 10.5 Å². The van der Waals surface area contributed by atoms with E-state index in [1.165, 1.54) is 12.8 Å². The zero-order valence-electron chi connectivity index (χ0n) is 17.1. The lowest BCUT2D eigenvalue weighted by molar-refractivity contribution is -0.105. The van der Waals surface area contributed by atoms with Gasteiger partial charge in [0, 0.05) is 18.8 Å². The van der Waals surface area contributed by atoms with Crippen molar-refractivity contribution in [2.75, 3.05) is 19.0 Å². The van der Waals surface area contributed by atoms with Crippen molar-refractivity contribution < 1.29 is 19.1 Å². The topological polar surface area (TPSA) is 79.9 Å². The summed E-state index contributed by atoms with van der Waals surface area (Å²) in [5.74, 6) is 1.46. The Morgan fingerprint density at radius 3 is 2.60 bits per heavy atom. The summed E-state index contributed by atoms with van der Waals surface area (Å²) in [7, 11) is 1.64. The van der Waals surface area contributed by atoms with Crippen molar-refractivity contribution in [3.63, 3.8) is 0 Å². The predicted molar refractivity (Wildman–Crippen MR) is 114 cm³/mol. The molecule has 7 heteroatoms. The van der Waals surface area contributed by atoms with E-state index in [9.17, 15) is 9.59 Å². The van der Waals surface area contributed by atoms with E-state index in [0.717, 1.165) is 41.2 Å². The first-order valence-corrected chi connectivity index (χ1v) is 10.4. The molecule has 2 aliphatic rings. The smallest absolute Gasteiger partial charge is 0.318 e. The highest BCUT2D eigenvalue weighted by molar-refractivity contribution is 5.77. The van der Waals surface area contributed by atoms with Gasteiger partial charge in [-0.2, -0.15) is 0 Å². The van der Waals surface area contributed by atoms with Crippen LogP contribution in [-0.2, 0) is 11.3 Å². The second-order valence-electron chi connectivity index (χ2n) is 7.78. The third-order valence-corrected chi connectivity index (χ3v) is 5.73. The second-order valence-corrected chi connectivity index (χ2v) is 7.78. The fourth-order valence-electron chi connectivity index (χ4n) is 4.10. The Labute approximate surface area is 176 Å². The van der Waals surface area contributed by atoms with Crippen LogP contribution in [-0.4, -0.2) is 37.1 Å². The zero-order chi connectivity index (χ0) is 20.9. The SMILES string of the molecule is COc1ccc([C@@H]2CN(Cc3ccc(NC=O)cc3)C(=O)N2)cc1OC1CCCC1. The lowest BCUT2D eigenvalue weighted by Gasteiger charge is -2.19. The Bertz CT molecular complexity index is 894. The number of rotatable bonds is 8. The number of nitrogens with zero attached hydrogens (tertiary/aromatic N) is 1. The molecule has 30 heavy (non-hydrogen) atoms. The number of nitrogens with one attached hydrogen (secondary N) is 2. The van der Waals surface area contributed by atoms with E-state index in [1.54, 1.807) is 12.0 Å². The first-order chi connectivity index (χ1) is 14.7. The van der Waals surface area contributed by atoms with Crippen molar-refractivity contribution in [2.45, 2.75) is 44.4 Å². The molecule has 4 rings (SSSR count). The molecule has 2 aromatic rings. The average Bonchev–Trinajstić information content (AvgIpc) is 3.40. The lowest BCUT2D eigenvalue weighted by Crippen LogP contribution is -2.27. The highest BCUT2D eigenvalue weighted by Crippen LogP contribution is 2.35. The Kier molecular flexibility index (Phi) is 6.07. The van der Waals surface area contributed by atoms with Crippen LogP contribution in [0.1, 0.15) is 42.9 Å². The summed E-state index contributed by atoms with van der Waals surface area (Å²) in [6.07, 6.45) is 5.43. The van der Waals surface area contributed by atoms with Gasteiger partial charge in [-0.3, -0.25) is 4.79 Å². The molecule has 1 aliphatic carbocycles.